The van der Waals surface area contributed by atoms with Crippen LogP contribution in [0.4, 0.5) is 0 Å². The van der Waals surface area contributed by atoms with Crippen molar-refractivity contribution in [1.29, 1.82) is 21.0 Å². The summed E-state index contributed by atoms with van der Waals surface area (Å²) in [6, 6.07) is 8.83. The Morgan fingerprint density at radius 3 is 2.55 bits per heavy atom. The molecule has 7 nitrogen and oxygen atoms in total. The molecule has 166 valence electrons. The van der Waals surface area contributed by atoms with Crippen LogP contribution in [0.5, 0.6) is 0 Å². The van der Waals surface area contributed by atoms with Gasteiger partial charge in [-0.15, -0.1) is 0 Å². The van der Waals surface area contributed by atoms with E-state index in [1.807, 2.05) is 12.2 Å². The molecule has 6 aliphatic rings. The molecule has 2 bridgehead atoms. The molecule has 0 aromatic heterocycles. The molecule has 0 aromatic carbocycles. The van der Waals surface area contributed by atoms with Gasteiger partial charge in [0.05, 0.1) is 31.4 Å². The van der Waals surface area contributed by atoms with Gasteiger partial charge in [0, 0.05) is 29.7 Å². The number of rotatable bonds is 1. The van der Waals surface area contributed by atoms with Crippen LogP contribution in [0.25, 0.3) is 0 Å². The Bertz CT molecular complexity index is 1170. The van der Waals surface area contributed by atoms with E-state index in [4.69, 9.17) is 9.47 Å². The van der Waals surface area contributed by atoms with Crippen LogP contribution in [0.1, 0.15) is 25.7 Å². The van der Waals surface area contributed by atoms with Gasteiger partial charge in [-0.2, -0.15) is 21.0 Å². The third-order valence-electron chi connectivity index (χ3n) is 9.88. The summed E-state index contributed by atoms with van der Waals surface area (Å²) in [6.45, 7) is 0.976. The van der Waals surface area contributed by atoms with Crippen molar-refractivity contribution in [2.75, 3.05) is 20.7 Å². The van der Waals surface area contributed by atoms with Crippen molar-refractivity contribution in [3.63, 3.8) is 0 Å². The summed E-state index contributed by atoms with van der Waals surface area (Å²) in [5.41, 5.74) is -2.59. The van der Waals surface area contributed by atoms with Gasteiger partial charge in [-0.05, 0) is 56.3 Å². The van der Waals surface area contributed by atoms with Gasteiger partial charge in [-0.3, -0.25) is 0 Å². The van der Waals surface area contributed by atoms with Gasteiger partial charge >= 0.3 is 0 Å². The van der Waals surface area contributed by atoms with Crippen LogP contribution in [0.2, 0.25) is 0 Å². The minimum atomic E-state index is -1.72. The predicted molar refractivity (Wildman–Crippen MR) is 115 cm³/mol. The molecule has 0 N–H and O–H groups in total. The van der Waals surface area contributed by atoms with Gasteiger partial charge in [0.25, 0.3) is 0 Å². The van der Waals surface area contributed by atoms with Crippen LogP contribution in [-0.4, -0.2) is 37.7 Å². The normalized spacial score (nSPS) is 42.8. The number of likely N-dealkylation sites (tertiary alicyclic amines) is 1. The highest BCUT2D eigenvalue weighted by atomic mass is 16.5. The zero-order valence-electron chi connectivity index (χ0n) is 18.8. The number of methoxy groups -OCH3 is 1. The van der Waals surface area contributed by atoms with Gasteiger partial charge < -0.3 is 14.4 Å². The van der Waals surface area contributed by atoms with Crippen LogP contribution >= 0.6 is 0 Å². The van der Waals surface area contributed by atoms with E-state index < -0.39 is 16.7 Å². The fourth-order valence-electron chi connectivity index (χ4n) is 8.43. The second-order valence-corrected chi connectivity index (χ2v) is 10.5. The van der Waals surface area contributed by atoms with Crippen molar-refractivity contribution in [2.45, 2.75) is 37.8 Å². The Morgan fingerprint density at radius 2 is 1.88 bits per heavy atom. The fraction of sp³-hybridized carbons (Fsp3) is 0.615. The zero-order valence-corrected chi connectivity index (χ0v) is 18.8. The van der Waals surface area contributed by atoms with Gasteiger partial charge in [0.15, 0.2) is 16.6 Å². The molecule has 0 radical (unpaired) electrons. The molecule has 6 rings (SSSR count). The Kier molecular flexibility index (Phi) is 3.95. The first-order valence-electron chi connectivity index (χ1n) is 11.6. The fourth-order valence-corrected chi connectivity index (χ4v) is 8.43. The third kappa shape index (κ3) is 2.02. The lowest BCUT2D eigenvalue weighted by Crippen LogP contribution is -2.67. The van der Waals surface area contributed by atoms with E-state index in [2.05, 4.69) is 42.3 Å². The highest BCUT2D eigenvalue weighted by molar-refractivity contribution is 5.48. The first-order valence-corrected chi connectivity index (χ1v) is 11.6. The van der Waals surface area contributed by atoms with Crippen LogP contribution < -0.4 is 0 Å². The molecule has 7 atom stereocenters. The minimum absolute atomic E-state index is 0.0689. The smallest absolute Gasteiger partial charge is 0.182 e. The summed E-state index contributed by atoms with van der Waals surface area (Å²) in [5.74, 6) is 1.95. The zero-order chi connectivity index (χ0) is 23.2. The van der Waals surface area contributed by atoms with E-state index in [1.165, 1.54) is 0 Å². The largest absolute Gasteiger partial charge is 0.493 e. The number of ether oxygens (including phenoxy) is 2. The van der Waals surface area contributed by atoms with Crippen LogP contribution in [0, 0.1) is 85.2 Å². The van der Waals surface area contributed by atoms with Crippen molar-refractivity contribution in [3.05, 3.63) is 35.3 Å². The number of allylic oxidation sites excluding steroid dienone is 4. The number of fused-ring (bicyclic) bond motifs is 2. The maximum absolute atomic E-state index is 10.3. The molecular weight excluding hydrogens is 414 g/mol. The second kappa shape index (κ2) is 6.41. The number of nitrogens with zero attached hydrogens (tertiary/aromatic N) is 5. The standard InChI is InChI=1S/C26H25N5O2/c1-31-8-7-26-18-10-17-16(5-6-24(11-27,12-28)25(17,13-29)14-30)23(26)33-22-20(32-2)4-3-15(21(22)26)9-19(18)31/h3-5,15,17-19,21,23H,6-10H2,1-2H3/t15?,17?,18-,19+,21?,23-,26-/m0/s1. The van der Waals surface area contributed by atoms with E-state index in [1.54, 1.807) is 7.11 Å². The molecule has 0 amide bonds. The second-order valence-electron chi connectivity index (χ2n) is 10.5. The quantitative estimate of drug-likeness (QED) is 0.576. The molecule has 4 fully saturated rings. The third-order valence-corrected chi connectivity index (χ3v) is 9.88. The number of nitriles is 4. The lowest BCUT2D eigenvalue weighted by Gasteiger charge is -2.64. The Hall–Kier alpha value is -3.26. The molecule has 2 saturated carbocycles. The molecule has 2 aliphatic heterocycles. The maximum atomic E-state index is 10.3. The number of hydrogen-bond acceptors (Lipinski definition) is 7. The maximum Gasteiger partial charge on any atom is 0.182 e. The molecule has 2 saturated heterocycles. The molecule has 2 heterocycles. The molecule has 7 heteroatoms. The molecule has 3 unspecified atom stereocenters. The Labute approximate surface area is 193 Å². The van der Waals surface area contributed by atoms with Gasteiger partial charge in [0.2, 0.25) is 0 Å². The summed E-state index contributed by atoms with van der Waals surface area (Å²) in [7, 11) is 3.83. The Morgan fingerprint density at radius 1 is 1.12 bits per heavy atom. The SMILES string of the molecule is COC1=C2O[C@H]3C4=CCC(C#N)(C#N)C(C#N)(C#N)C4C[C@H]4[C@H]5CC(C=C1)C2[C@@]34CCN5C. The molecule has 0 aromatic rings. The summed E-state index contributed by atoms with van der Waals surface area (Å²) < 4.78 is 12.5. The van der Waals surface area contributed by atoms with Crippen molar-refractivity contribution >= 4 is 0 Å². The van der Waals surface area contributed by atoms with Gasteiger partial charge in [0.1, 0.15) is 11.9 Å². The average molecular weight is 440 g/mol. The molecule has 4 aliphatic carbocycles. The van der Waals surface area contributed by atoms with Crippen molar-refractivity contribution in [2.24, 2.45) is 39.9 Å². The number of hydrogen-bond donors (Lipinski definition) is 0. The highest BCUT2D eigenvalue weighted by Gasteiger charge is 2.74. The molecule has 33 heavy (non-hydrogen) atoms. The highest BCUT2D eigenvalue weighted by Crippen LogP contribution is 2.72. The predicted octanol–water partition coefficient (Wildman–Crippen LogP) is 3.17. The Balaban J connectivity index is 1.60. The van der Waals surface area contributed by atoms with Crippen molar-refractivity contribution in [1.82, 2.24) is 4.90 Å². The van der Waals surface area contributed by atoms with E-state index in [9.17, 15) is 21.0 Å². The summed E-state index contributed by atoms with van der Waals surface area (Å²) >= 11 is 0. The first-order chi connectivity index (χ1) is 16.0. The summed E-state index contributed by atoms with van der Waals surface area (Å²) in [6.07, 6.45) is 8.64. The van der Waals surface area contributed by atoms with E-state index in [0.29, 0.717) is 18.4 Å². The van der Waals surface area contributed by atoms with Gasteiger partial charge in [-0.25, -0.2) is 0 Å². The molecular formula is C26H25N5O2. The summed E-state index contributed by atoms with van der Waals surface area (Å²) in [4.78, 5) is 2.42. The minimum Gasteiger partial charge on any atom is -0.493 e. The van der Waals surface area contributed by atoms with Crippen LogP contribution in [0.15, 0.2) is 35.3 Å². The topological polar surface area (TPSA) is 117 Å². The van der Waals surface area contributed by atoms with Crippen LogP contribution in [-0.2, 0) is 9.47 Å². The first kappa shape index (κ1) is 20.4. The van der Waals surface area contributed by atoms with Crippen molar-refractivity contribution in [3.8, 4) is 24.3 Å². The molecule has 1 spiro atoms. The average Bonchev–Trinajstić information content (AvgIpc) is 3.20. The number of piperidine rings is 1. The summed E-state index contributed by atoms with van der Waals surface area (Å²) in [5, 5.41) is 40.7. The van der Waals surface area contributed by atoms with E-state index in [0.717, 1.165) is 36.5 Å². The lowest BCUT2D eigenvalue weighted by molar-refractivity contribution is -0.134. The monoisotopic (exact) mass is 439 g/mol. The van der Waals surface area contributed by atoms with Crippen LogP contribution in [0.3, 0.4) is 0 Å². The lowest BCUT2D eigenvalue weighted by atomic mass is 9.40. The van der Waals surface area contributed by atoms with Crippen molar-refractivity contribution < 1.29 is 9.47 Å². The van der Waals surface area contributed by atoms with Gasteiger partial charge in [-0.1, -0.05) is 12.2 Å². The van der Waals surface area contributed by atoms with E-state index >= 15 is 0 Å². The van der Waals surface area contributed by atoms with E-state index in [-0.39, 0.29) is 29.8 Å².